The van der Waals surface area contributed by atoms with Crippen molar-refractivity contribution in [1.82, 2.24) is 4.90 Å². The summed E-state index contributed by atoms with van der Waals surface area (Å²) in [6, 6.07) is 6.35. The maximum Gasteiger partial charge on any atom is 0.255 e. The lowest BCUT2D eigenvalue weighted by Crippen LogP contribution is -2.35. The lowest BCUT2D eigenvalue weighted by molar-refractivity contribution is 0.0773. The molecule has 7 heteroatoms. The molecule has 1 heterocycles. The number of nitrogens with zero attached hydrogens (tertiary/aromatic N) is 1. The van der Waals surface area contributed by atoms with E-state index in [-0.39, 0.29) is 34.2 Å². The van der Waals surface area contributed by atoms with Crippen molar-refractivity contribution in [1.29, 1.82) is 0 Å². The maximum absolute atomic E-state index is 12.5. The van der Waals surface area contributed by atoms with Crippen LogP contribution in [0.15, 0.2) is 29.2 Å². The van der Waals surface area contributed by atoms with E-state index in [4.69, 9.17) is 5.73 Å². The number of rotatable bonds is 3. The predicted octanol–water partition coefficient (Wildman–Crippen LogP) is 1.32. The molecule has 0 saturated carbocycles. The third kappa shape index (κ3) is 3.75. The third-order valence-electron chi connectivity index (χ3n) is 3.85. The smallest absolute Gasteiger partial charge is 0.255 e. The van der Waals surface area contributed by atoms with Crippen LogP contribution < -0.4 is 5.73 Å². The molecular weight excluding hydrogens is 312 g/mol. The van der Waals surface area contributed by atoms with E-state index in [9.17, 15) is 13.2 Å². The third-order valence-corrected chi connectivity index (χ3v) is 5.01. The van der Waals surface area contributed by atoms with Gasteiger partial charge in [-0.1, -0.05) is 19.1 Å². The van der Waals surface area contributed by atoms with Crippen LogP contribution in [0.25, 0.3) is 0 Å². The summed E-state index contributed by atoms with van der Waals surface area (Å²) >= 11 is 0. The van der Waals surface area contributed by atoms with Gasteiger partial charge in [0, 0.05) is 19.3 Å². The van der Waals surface area contributed by atoms with E-state index in [0.29, 0.717) is 19.6 Å². The Kier molecular flexibility index (Phi) is 5.41. The molecule has 1 unspecified atom stereocenters. The van der Waals surface area contributed by atoms with Gasteiger partial charge in [-0.2, -0.15) is 0 Å². The highest BCUT2D eigenvalue weighted by Gasteiger charge is 2.36. The number of nitrogens with two attached hydrogens (primary N) is 1. The Balaban J connectivity index is 0.00000220. The minimum Gasteiger partial charge on any atom is -0.338 e. The zero-order valence-electron chi connectivity index (χ0n) is 12.2. The molecule has 0 aromatic heterocycles. The molecule has 2 rings (SSSR count). The van der Waals surface area contributed by atoms with E-state index >= 15 is 0 Å². The fourth-order valence-corrected chi connectivity index (χ4v) is 3.38. The first kappa shape index (κ1) is 17.9. The lowest BCUT2D eigenvalue weighted by Gasteiger charge is -2.23. The first-order valence-electron chi connectivity index (χ1n) is 6.55. The average Bonchev–Trinajstić information content (AvgIpc) is 2.80. The topological polar surface area (TPSA) is 80.5 Å². The number of sulfone groups is 1. The summed E-state index contributed by atoms with van der Waals surface area (Å²) in [5.41, 5.74) is 5.91. The molecule has 21 heavy (non-hydrogen) atoms. The van der Waals surface area contributed by atoms with Crippen LogP contribution in [0.5, 0.6) is 0 Å². The predicted molar refractivity (Wildman–Crippen MR) is 84.5 cm³/mol. The molecule has 0 radical (unpaired) electrons. The standard InChI is InChI=1S/C14H20N2O3S.ClH/c1-14(9-15)7-8-16(10-14)13(17)11-5-3-4-6-12(11)20(2,18)19;/h3-6H,7-10,15H2,1-2H3;1H. The molecule has 1 atom stereocenters. The molecule has 1 aliphatic rings. The van der Waals surface area contributed by atoms with Gasteiger partial charge < -0.3 is 10.6 Å². The highest BCUT2D eigenvalue weighted by molar-refractivity contribution is 7.90. The van der Waals surface area contributed by atoms with Crippen LogP contribution >= 0.6 is 12.4 Å². The minimum absolute atomic E-state index is 0. The summed E-state index contributed by atoms with van der Waals surface area (Å²) in [6.07, 6.45) is 1.96. The summed E-state index contributed by atoms with van der Waals surface area (Å²) < 4.78 is 23.5. The molecule has 2 N–H and O–H groups in total. The second-order valence-electron chi connectivity index (χ2n) is 5.76. The van der Waals surface area contributed by atoms with Gasteiger partial charge in [0.15, 0.2) is 9.84 Å². The Bertz CT molecular complexity index is 633. The Labute approximate surface area is 131 Å². The summed E-state index contributed by atoms with van der Waals surface area (Å²) in [7, 11) is -3.41. The molecule has 0 spiro atoms. The number of hydrogen-bond acceptors (Lipinski definition) is 4. The normalized spacial score (nSPS) is 22.0. The molecular formula is C14H21ClN2O3S. The monoisotopic (exact) mass is 332 g/mol. The fraction of sp³-hybridized carbons (Fsp3) is 0.500. The molecule has 1 saturated heterocycles. The van der Waals surface area contributed by atoms with Gasteiger partial charge in [0.1, 0.15) is 0 Å². The van der Waals surface area contributed by atoms with Gasteiger partial charge in [-0.25, -0.2) is 8.42 Å². The molecule has 118 valence electrons. The zero-order chi connectivity index (χ0) is 15.0. The first-order valence-corrected chi connectivity index (χ1v) is 8.44. The number of likely N-dealkylation sites (tertiary alicyclic amines) is 1. The Morgan fingerprint density at radius 1 is 1.38 bits per heavy atom. The van der Waals surface area contributed by atoms with Crippen LogP contribution in [0.3, 0.4) is 0 Å². The van der Waals surface area contributed by atoms with Crippen LogP contribution in [-0.2, 0) is 9.84 Å². The number of amides is 1. The summed E-state index contributed by atoms with van der Waals surface area (Å²) in [5, 5.41) is 0. The van der Waals surface area contributed by atoms with Gasteiger partial charge in [0.25, 0.3) is 5.91 Å². The van der Waals surface area contributed by atoms with Crippen LogP contribution in [0.4, 0.5) is 0 Å². The molecule has 1 amide bonds. The quantitative estimate of drug-likeness (QED) is 0.905. The molecule has 1 aromatic carbocycles. The van der Waals surface area contributed by atoms with Gasteiger partial charge in [-0.05, 0) is 30.5 Å². The number of carbonyl (C=O) groups excluding carboxylic acids is 1. The second kappa shape index (κ2) is 6.34. The van der Waals surface area contributed by atoms with Crippen LogP contribution in [0.2, 0.25) is 0 Å². The second-order valence-corrected chi connectivity index (χ2v) is 7.74. The highest BCUT2D eigenvalue weighted by Crippen LogP contribution is 2.30. The fourth-order valence-electron chi connectivity index (χ4n) is 2.50. The van der Waals surface area contributed by atoms with Gasteiger partial charge >= 0.3 is 0 Å². The van der Waals surface area contributed by atoms with Crippen molar-refractivity contribution < 1.29 is 13.2 Å². The molecule has 0 aliphatic carbocycles. The maximum atomic E-state index is 12.5. The van der Waals surface area contributed by atoms with Crippen molar-refractivity contribution in [3.05, 3.63) is 29.8 Å². The van der Waals surface area contributed by atoms with Crippen molar-refractivity contribution in [3.63, 3.8) is 0 Å². The summed E-state index contributed by atoms with van der Waals surface area (Å²) in [4.78, 5) is 14.3. The number of carbonyl (C=O) groups is 1. The van der Waals surface area contributed by atoms with E-state index in [1.54, 1.807) is 23.1 Å². The van der Waals surface area contributed by atoms with E-state index in [0.717, 1.165) is 12.7 Å². The first-order chi connectivity index (χ1) is 9.27. The molecule has 1 aliphatic heterocycles. The minimum atomic E-state index is -3.41. The van der Waals surface area contributed by atoms with Gasteiger partial charge in [-0.15, -0.1) is 12.4 Å². The SMILES string of the molecule is CC1(CN)CCN(C(=O)c2ccccc2S(C)(=O)=O)C1.Cl. The van der Waals surface area contributed by atoms with Gasteiger partial charge in [0.05, 0.1) is 10.5 Å². The molecule has 5 nitrogen and oxygen atoms in total. The summed E-state index contributed by atoms with van der Waals surface area (Å²) in [5.74, 6) is -0.233. The van der Waals surface area contributed by atoms with Crippen LogP contribution in [0, 0.1) is 5.41 Å². The Morgan fingerprint density at radius 3 is 2.52 bits per heavy atom. The molecule has 0 bridgehead atoms. The van der Waals surface area contributed by atoms with Crippen LogP contribution in [-0.4, -0.2) is 45.1 Å². The Morgan fingerprint density at radius 2 is 2.00 bits per heavy atom. The van der Waals surface area contributed by atoms with Crippen molar-refractivity contribution >= 4 is 28.2 Å². The summed E-state index contributed by atoms with van der Waals surface area (Å²) in [6.45, 7) is 3.75. The zero-order valence-corrected chi connectivity index (χ0v) is 13.8. The van der Waals surface area contributed by atoms with Crippen molar-refractivity contribution in [2.45, 2.75) is 18.2 Å². The van der Waals surface area contributed by atoms with Crippen molar-refractivity contribution in [2.24, 2.45) is 11.1 Å². The highest BCUT2D eigenvalue weighted by atomic mass is 35.5. The molecule has 1 fully saturated rings. The lowest BCUT2D eigenvalue weighted by atomic mass is 9.90. The van der Waals surface area contributed by atoms with Gasteiger partial charge in [0.2, 0.25) is 0 Å². The average molecular weight is 333 g/mol. The Hall–Kier alpha value is -1.11. The number of hydrogen-bond donors (Lipinski definition) is 1. The number of benzene rings is 1. The van der Waals surface area contributed by atoms with E-state index in [1.165, 1.54) is 6.07 Å². The van der Waals surface area contributed by atoms with Gasteiger partial charge in [-0.3, -0.25) is 4.79 Å². The van der Waals surface area contributed by atoms with Crippen molar-refractivity contribution in [2.75, 3.05) is 25.9 Å². The molecule has 1 aromatic rings. The van der Waals surface area contributed by atoms with E-state index in [1.807, 2.05) is 6.92 Å². The largest absolute Gasteiger partial charge is 0.338 e. The van der Waals surface area contributed by atoms with E-state index < -0.39 is 9.84 Å². The van der Waals surface area contributed by atoms with E-state index in [2.05, 4.69) is 0 Å². The van der Waals surface area contributed by atoms with Crippen LogP contribution in [0.1, 0.15) is 23.7 Å². The number of halogens is 1. The van der Waals surface area contributed by atoms with Crippen molar-refractivity contribution in [3.8, 4) is 0 Å².